The lowest BCUT2D eigenvalue weighted by Crippen LogP contribution is -2.07. The Morgan fingerprint density at radius 3 is 2.80 bits per heavy atom. The van der Waals surface area contributed by atoms with Crippen molar-refractivity contribution in [2.24, 2.45) is 0 Å². The average Bonchev–Trinajstić information content (AvgIpc) is 3.22. The van der Waals surface area contributed by atoms with Gasteiger partial charge in [-0.3, -0.25) is 10.1 Å². The van der Waals surface area contributed by atoms with Crippen molar-refractivity contribution in [1.82, 2.24) is 9.97 Å². The number of nitrogens with zero attached hydrogens (tertiary/aromatic N) is 2. The minimum atomic E-state index is -0.251. The molecule has 128 valence electrons. The van der Waals surface area contributed by atoms with Crippen molar-refractivity contribution in [3.8, 4) is 17.0 Å². The standard InChI is InChI=1S/C17H14ClN3O2S2/c1-10-19-12(8-24-10)4-6-16(22)21-17-20-14(9-25-17)11-3-5-15(23-2)13(18)7-11/h3-9H,1-2H3,(H,20,21,22)/b6-4+. The van der Waals surface area contributed by atoms with Crippen LogP contribution in [0.3, 0.4) is 0 Å². The molecular weight excluding hydrogens is 378 g/mol. The molecule has 2 aromatic heterocycles. The van der Waals surface area contributed by atoms with Gasteiger partial charge in [-0.1, -0.05) is 11.6 Å². The van der Waals surface area contributed by atoms with Crippen molar-refractivity contribution in [2.45, 2.75) is 6.92 Å². The van der Waals surface area contributed by atoms with Gasteiger partial charge >= 0.3 is 0 Å². The van der Waals surface area contributed by atoms with E-state index >= 15 is 0 Å². The first kappa shape index (κ1) is 17.6. The zero-order valence-corrected chi connectivity index (χ0v) is 15.8. The number of hydrogen-bond acceptors (Lipinski definition) is 6. The molecule has 3 rings (SSSR count). The Labute approximate surface area is 158 Å². The lowest BCUT2D eigenvalue weighted by atomic mass is 10.2. The Balaban J connectivity index is 1.68. The number of aromatic nitrogens is 2. The molecule has 3 aromatic rings. The van der Waals surface area contributed by atoms with E-state index in [0.29, 0.717) is 15.9 Å². The Morgan fingerprint density at radius 1 is 1.28 bits per heavy atom. The maximum absolute atomic E-state index is 12.0. The van der Waals surface area contributed by atoms with Gasteiger partial charge in [-0.2, -0.15) is 0 Å². The number of carbonyl (C=O) groups excluding carboxylic acids is 1. The van der Waals surface area contributed by atoms with E-state index in [9.17, 15) is 4.79 Å². The number of ether oxygens (including phenoxy) is 1. The van der Waals surface area contributed by atoms with E-state index in [1.165, 1.54) is 17.4 Å². The second kappa shape index (κ2) is 7.77. The smallest absolute Gasteiger partial charge is 0.250 e. The molecule has 0 aliphatic carbocycles. The van der Waals surface area contributed by atoms with Crippen LogP contribution in [0, 0.1) is 6.92 Å². The molecule has 0 saturated heterocycles. The summed E-state index contributed by atoms with van der Waals surface area (Å²) in [6, 6.07) is 5.44. The predicted molar refractivity (Wildman–Crippen MR) is 104 cm³/mol. The van der Waals surface area contributed by atoms with Gasteiger partial charge in [0.2, 0.25) is 5.91 Å². The predicted octanol–water partition coefficient (Wildman–Crippen LogP) is 4.89. The Hall–Kier alpha value is -2.22. The summed E-state index contributed by atoms with van der Waals surface area (Å²) in [6.07, 6.45) is 3.12. The summed E-state index contributed by atoms with van der Waals surface area (Å²) in [5.41, 5.74) is 2.37. The van der Waals surface area contributed by atoms with Crippen LogP contribution < -0.4 is 10.1 Å². The van der Waals surface area contributed by atoms with Crippen LogP contribution in [0.1, 0.15) is 10.7 Å². The van der Waals surface area contributed by atoms with Crippen LogP contribution in [-0.4, -0.2) is 23.0 Å². The van der Waals surface area contributed by atoms with Gasteiger partial charge in [-0.25, -0.2) is 9.97 Å². The fraction of sp³-hybridized carbons (Fsp3) is 0.118. The van der Waals surface area contributed by atoms with Gasteiger partial charge in [0.25, 0.3) is 0 Å². The normalized spacial score (nSPS) is 11.0. The van der Waals surface area contributed by atoms with E-state index in [0.717, 1.165) is 22.0 Å². The monoisotopic (exact) mass is 391 g/mol. The number of hydrogen-bond donors (Lipinski definition) is 1. The lowest BCUT2D eigenvalue weighted by Gasteiger charge is -2.04. The number of anilines is 1. The summed E-state index contributed by atoms with van der Waals surface area (Å²) < 4.78 is 5.14. The van der Waals surface area contributed by atoms with E-state index in [-0.39, 0.29) is 5.91 Å². The van der Waals surface area contributed by atoms with Crippen molar-refractivity contribution >= 4 is 51.4 Å². The van der Waals surface area contributed by atoms with Gasteiger partial charge in [-0.15, -0.1) is 22.7 Å². The van der Waals surface area contributed by atoms with Crippen LogP contribution in [-0.2, 0) is 4.79 Å². The van der Waals surface area contributed by atoms with Crippen molar-refractivity contribution < 1.29 is 9.53 Å². The maximum Gasteiger partial charge on any atom is 0.250 e. The number of amides is 1. The minimum Gasteiger partial charge on any atom is -0.495 e. The quantitative estimate of drug-likeness (QED) is 0.629. The number of nitrogens with one attached hydrogen (secondary N) is 1. The SMILES string of the molecule is COc1ccc(-c2csc(NC(=O)/C=C/c3csc(C)n3)n2)cc1Cl. The number of halogens is 1. The highest BCUT2D eigenvalue weighted by Gasteiger charge is 2.09. The molecule has 0 saturated carbocycles. The van der Waals surface area contributed by atoms with Crippen LogP contribution in [0.4, 0.5) is 5.13 Å². The average molecular weight is 392 g/mol. The molecule has 0 fully saturated rings. The molecule has 25 heavy (non-hydrogen) atoms. The van der Waals surface area contributed by atoms with Crippen LogP contribution in [0.15, 0.2) is 35.0 Å². The molecule has 0 aliphatic rings. The van der Waals surface area contributed by atoms with Gasteiger partial charge in [0.1, 0.15) is 5.75 Å². The van der Waals surface area contributed by atoms with E-state index in [4.69, 9.17) is 16.3 Å². The number of methoxy groups -OCH3 is 1. The second-order valence-corrected chi connectivity index (χ2v) is 7.33. The summed E-state index contributed by atoms with van der Waals surface area (Å²) in [6.45, 7) is 1.92. The number of rotatable bonds is 5. The van der Waals surface area contributed by atoms with Gasteiger partial charge in [0.15, 0.2) is 5.13 Å². The van der Waals surface area contributed by atoms with E-state index in [2.05, 4.69) is 15.3 Å². The molecule has 0 spiro atoms. The van der Waals surface area contributed by atoms with Gasteiger partial charge in [-0.05, 0) is 31.2 Å². The topological polar surface area (TPSA) is 64.1 Å². The van der Waals surface area contributed by atoms with Crippen molar-refractivity contribution in [3.63, 3.8) is 0 Å². The molecule has 8 heteroatoms. The largest absolute Gasteiger partial charge is 0.495 e. The summed E-state index contributed by atoms with van der Waals surface area (Å²) in [4.78, 5) is 20.7. The van der Waals surface area contributed by atoms with E-state index in [1.54, 1.807) is 36.7 Å². The summed E-state index contributed by atoms with van der Waals surface area (Å²) in [7, 11) is 1.57. The molecule has 0 aliphatic heterocycles. The third kappa shape index (κ3) is 4.45. The molecule has 5 nitrogen and oxygen atoms in total. The Bertz CT molecular complexity index is 934. The van der Waals surface area contributed by atoms with Crippen molar-refractivity contribution in [2.75, 3.05) is 12.4 Å². The molecule has 2 heterocycles. The molecule has 1 N–H and O–H groups in total. The zero-order chi connectivity index (χ0) is 17.8. The fourth-order valence-electron chi connectivity index (χ4n) is 2.05. The highest BCUT2D eigenvalue weighted by Crippen LogP contribution is 2.31. The maximum atomic E-state index is 12.0. The first-order chi connectivity index (χ1) is 12.0. The fourth-order valence-corrected chi connectivity index (χ4v) is 3.62. The Morgan fingerprint density at radius 2 is 2.12 bits per heavy atom. The highest BCUT2D eigenvalue weighted by atomic mass is 35.5. The molecule has 1 aromatic carbocycles. The second-order valence-electron chi connectivity index (χ2n) is 5.00. The molecule has 0 bridgehead atoms. The molecule has 0 atom stereocenters. The van der Waals surface area contributed by atoms with Gasteiger partial charge < -0.3 is 4.74 Å². The third-order valence-corrected chi connectivity index (χ3v) is 5.07. The highest BCUT2D eigenvalue weighted by molar-refractivity contribution is 7.14. The van der Waals surface area contributed by atoms with Crippen molar-refractivity contribution in [3.05, 3.63) is 50.8 Å². The number of aryl methyl sites for hydroxylation is 1. The van der Waals surface area contributed by atoms with Crippen molar-refractivity contribution in [1.29, 1.82) is 0 Å². The van der Waals surface area contributed by atoms with E-state index < -0.39 is 0 Å². The van der Waals surface area contributed by atoms with Crippen LogP contribution in [0.2, 0.25) is 5.02 Å². The summed E-state index contributed by atoms with van der Waals surface area (Å²) in [5, 5.41) is 8.50. The van der Waals surface area contributed by atoms with E-state index in [1.807, 2.05) is 23.8 Å². The first-order valence-corrected chi connectivity index (χ1v) is 9.39. The number of thiazole rings is 2. The molecule has 1 amide bonds. The van der Waals surface area contributed by atoms with Crippen LogP contribution in [0.25, 0.3) is 17.3 Å². The summed E-state index contributed by atoms with van der Waals surface area (Å²) >= 11 is 9.03. The van der Waals surface area contributed by atoms with Crippen LogP contribution in [0.5, 0.6) is 5.75 Å². The van der Waals surface area contributed by atoms with Gasteiger partial charge in [0.05, 0.1) is 28.5 Å². The molecule has 0 unspecified atom stereocenters. The molecular formula is C17H14ClN3O2S2. The summed E-state index contributed by atoms with van der Waals surface area (Å²) in [5.74, 6) is 0.357. The molecule has 0 radical (unpaired) electrons. The zero-order valence-electron chi connectivity index (χ0n) is 13.4. The number of carbonyl (C=O) groups is 1. The van der Waals surface area contributed by atoms with Crippen LogP contribution >= 0.6 is 34.3 Å². The van der Waals surface area contributed by atoms with Gasteiger partial charge in [0, 0.05) is 22.4 Å². The Kier molecular flexibility index (Phi) is 5.47. The minimum absolute atomic E-state index is 0.251. The first-order valence-electron chi connectivity index (χ1n) is 7.26. The number of benzene rings is 1. The lowest BCUT2D eigenvalue weighted by molar-refractivity contribution is -0.111. The third-order valence-electron chi connectivity index (χ3n) is 3.22.